The highest BCUT2D eigenvalue weighted by Crippen LogP contribution is 2.37. The van der Waals surface area contributed by atoms with Gasteiger partial charge in [-0.15, -0.1) is 11.3 Å². The molecule has 1 amide bonds. The third kappa shape index (κ3) is 5.99. The number of esters is 1. The van der Waals surface area contributed by atoms with Crippen molar-refractivity contribution in [1.82, 2.24) is 0 Å². The van der Waals surface area contributed by atoms with Crippen molar-refractivity contribution in [3.05, 3.63) is 74.6 Å². The number of rotatable bonds is 10. The lowest BCUT2D eigenvalue weighted by atomic mass is 10.0. The fourth-order valence-corrected chi connectivity index (χ4v) is 4.31. The molecule has 34 heavy (non-hydrogen) atoms. The molecule has 0 radical (unpaired) electrons. The van der Waals surface area contributed by atoms with Crippen molar-refractivity contribution in [2.75, 3.05) is 18.5 Å². The molecule has 0 aliphatic heterocycles. The number of amides is 1. The van der Waals surface area contributed by atoms with Crippen LogP contribution in [0.3, 0.4) is 0 Å². The van der Waals surface area contributed by atoms with Crippen LogP contribution in [0.25, 0.3) is 11.1 Å². The molecule has 1 aromatic heterocycles. The highest BCUT2D eigenvalue weighted by Gasteiger charge is 2.23. The van der Waals surface area contributed by atoms with E-state index in [1.54, 1.807) is 24.4 Å². The fraction of sp³-hybridized carbons (Fsp3) is 0.280. The first kappa shape index (κ1) is 24.9. The lowest BCUT2D eigenvalue weighted by molar-refractivity contribution is -0.384. The lowest BCUT2D eigenvalue weighted by Gasteiger charge is -2.11. The molecule has 2 aromatic carbocycles. The summed E-state index contributed by atoms with van der Waals surface area (Å²) in [5, 5.41) is 16.0. The highest BCUT2D eigenvalue weighted by atomic mass is 32.1. The van der Waals surface area contributed by atoms with Crippen LogP contribution >= 0.6 is 11.3 Å². The van der Waals surface area contributed by atoms with E-state index < -0.39 is 10.9 Å². The number of anilines is 1. The van der Waals surface area contributed by atoms with E-state index in [2.05, 4.69) is 5.32 Å². The number of nitro groups is 1. The Morgan fingerprint density at radius 3 is 2.65 bits per heavy atom. The number of benzene rings is 2. The normalized spacial score (nSPS) is 10.6. The summed E-state index contributed by atoms with van der Waals surface area (Å²) in [6, 6.07) is 11.8. The van der Waals surface area contributed by atoms with Gasteiger partial charge in [-0.1, -0.05) is 24.3 Å². The van der Waals surface area contributed by atoms with Crippen molar-refractivity contribution >= 4 is 33.9 Å². The Labute approximate surface area is 201 Å². The second-order valence-electron chi connectivity index (χ2n) is 7.58. The van der Waals surface area contributed by atoms with Gasteiger partial charge in [0.2, 0.25) is 5.91 Å². The monoisotopic (exact) mass is 482 g/mol. The van der Waals surface area contributed by atoms with Crippen molar-refractivity contribution in [2.24, 2.45) is 0 Å². The second kappa shape index (κ2) is 11.4. The Balaban J connectivity index is 1.70. The van der Waals surface area contributed by atoms with Crippen molar-refractivity contribution in [3.63, 3.8) is 0 Å². The first-order valence-electron chi connectivity index (χ1n) is 10.8. The molecule has 1 N–H and O–H groups in total. The molecule has 8 nitrogen and oxygen atoms in total. The maximum Gasteiger partial charge on any atom is 0.341 e. The van der Waals surface area contributed by atoms with Crippen molar-refractivity contribution in [2.45, 2.75) is 33.6 Å². The molecule has 3 aromatic rings. The standard InChI is InChI=1S/C25H26N2O6S/c1-4-32-25(29)23-20(18-9-6-10-19(14-18)27(30)31)15-34-24(23)26-22(28)12-7-13-33-21-11-5-8-16(2)17(21)3/h5-6,8-11,14-15H,4,7,12-13H2,1-3H3,(H,26,28). The Bertz CT molecular complexity index is 1200. The van der Waals surface area contributed by atoms with Crippen LogP contribution in [0.2, 0.25) is 0 Å². The molecular weight excluding hydrogens is 456 g/mol. The molecule has 9 heteroatoms. The average Bonchev–Trinajstić information content (AvgIpc) is 3.23. The van der Waals surface area contributed by atoms with E-state index in [0.717, 1.165) is 16.9 Å². The molecule has 0 atom stereocenters. The van der Waals surface area contributed by atoms with Gasteiger partial charge in [0.25, 0.3) is 5.69 Å². The van der Waals surface area contributed by atoms with Crippen LogP contribution in [0.1, 0.15) is 41.3 Å². The second-order valence-corrected chi connectivity index (χ2v) is 8.46. The molecule has 0 aliphatic carbocycles. The average molecular weight is 483 g/mol. The van der Waals surface area contributed by atoms with E-state index in [4.69, 9.17) is 9.47 Å². The summed E-state index contributed by atoms with van der Waals surface area (Å²) in [4.78, 5) is 35.9. The predicted molar refractivity (Wildman–Crippen MR) is 132 cm³/mol. The zero-order valence-electron chi connectivity index (χ0n) is 19.3. The maximum atomic E-state index is 12.7. The lowest BCUT2D eigenvalue weighted by Crippen LogP contribution is -2.15. The molecule has 0 aliphatic rings. The van der Waals surface area contributed by atoms with Gasteiger partial charge in [0.15, 0.2) is 0 Å². The van der Waals surface area contributed by atoms with E-state index in [1.807, 2.05) is 32.0 Å². The number of hydrogen-bond donors (Lipinski definition) is 1. The summed E-state index contributed by atoms with van der Waals surface area (Å²) >= 11 is 1.17. The minimum Gasteiger partial charge on any atom is -0.493 e. The van der Waals surface area contributed by atoms with Crippen LogP contribution in [0.15, 0.2) is 47.8 Å². The molecule has 3 rings (SSSR count). The summed E-state index contributed by atoms with van der Waals surface area (Å²) in [6.07, 6.45) is 0.703. The quantitative estimate of drug-likeness (QED) is 0.166. The zero-order valence-corrected chi connectivity index (χ0v) is 20.1. The van der Waals surface area contributed by atoms with Gasteiger partial charge in [0.05, 0.1) is 18.1 Å². The minimum absolute atomic E-state index is 0.0899. The zero-order chi connectivity index (χ0) is 24.7. The van der Waals surface area contributed by atoms with Crippen LogP contribution in [0.4, 0.5) is 10.7 Å². The van der Waals surface area contributed by atoms with Gasteiger partial charge in [0, 0.05) is 29.5 Å². The van der Waals surface area contributed by atoms with E-state index in [-0.39, 0.29) is 30.2 Å². The number of thiophene rings is 1. The number of nitrogens with one attached hydrogen (secondary N) is 1. The number of non-ortho nitro benzene ring substituents is 1. The molecule has 0 bridgehead atoms. The number of nitrogens with zero attached hydrogens (tertiary/aromatic N) is 1. The summed E-state index contributed by atoms with van der Waals surface area (Å²) in [5.74, 6) is -0.0637. The van der Waals surface area contributed by atoms with Crippen LogP contribution in [0.5, 0.6) is 5.75 Å². The molecule has 178 valence electrons. The third-order valence-electron chi connectivity index (χ3n) is 5.25. The van der Waals surface area contributed by atoms with E-state index in [1.165, 1.54) is 23.5 Å². The Morgan fingerprint density at radius 1 is 1.15 bits per heavy atom. The van der Waals surface area contributed by atoms with Crippen LogP contribution in [-0.2, 0) is 9.53 Å². The molecule has 0 saturated carbocycles. The van der Waals surface area contributed by atoms with E-state index >= 15 is 0 Å². The highest BCUT2D eigenvalue weighted by molar-refractivity contribution is 7.15. The molecule has 0 saturated heterocycles. The van der Waals surface area contributed by atoms with Crippen molar-refractivity contribution in [3.8, 4) is 16.9 Å². The van der Waals surface area contributed by atoms with Crippen molar-refractivity contribution < 1.29 is 24.0 Å². The third-order valence-corrected chi connectivity index (χ3v) is 6.15. The smallest absolute Gasteiger partial charge is 0.341 e. The number of aryl methyl sites for hydroxylation is 1. The molecule has 0 fully saturated rings. The van der Waals surface area contributed by atoms with Gasteiger partial charge < -0.3 is 14.8 Å². The van der Waals surface area contributed by atoms with E-state index in [0.29, 0.717) is 29.2 Å². The van der Waals surface area contributed by atoms with Crippen molar-refractivity contribution in [1.29, 1.82) is 0 Å². The number of carbonyl (C=O) groups is 2. The van der Waals surface area contributed by atoms with Crippen LogP contribution in [0, 0.1) is 24.0 Å². The number of carbonyl (C=O) groups excluding carboxylic acids is 2. The topological polar surface area (TPSA) is 108 Å². The molecule has 1 heterocycles. The van der Waals surface area contributed by atoms with Gasteiger partial charge in [0.1, 0.15) is 16.3 Å². The molecule has 0 unspecified atom stereocenters. The summed E-state index contributed by atoms with van der Waals surface area (Å²) in [7, 11) is 0. The number of hydrogen-bond acceptors (Lipinski definition) is 7. The van der Waals surface area contributed by atoms with E-state index in [9.17, 15) is 19.7 Å². The number of ether oxygens (including phenoxy) is 2. The fourth-order valence-electron chi connectivity index (χ4n) is 3.34. The van der Waals surface area contributed by atoms with Gasteiger partial charge in [-0.05, 0) is 49.9 Å². The Kier molecular flexibility index (Phi) is 8.37. The summed E-state index contributed by atoms with van der Waals surface area (Å²) in [6.45, 7) is 6.23. The van der Waals surface area contributed by atoms with Gasteiger partial charge in [-0.3, -0.25) is 14.9 Å². The number of nitro benzene ring substituents is 1. The van der Waals surface area contributed by atoms with Crippen LogP contribution < -0.4 is 10.1 Å². The maximum absolute atomic E-state index is 12.7. The predicted octanol–water partition coefficient (Wildman–Crippen LogP) is 5.91. The van der Waals surface area contributed by atoms with Gasteiger partial charge >= 0.3 is 5.97 Å². The minimum atomic E-state index is -0.598. The molecule has 0 spiro atoms. The van der Waals surface area contributed by atoms with Crippen LogP contribution in [-0.4, -0.2) is 30.0 Å². The molecular formula is C25H26N2O6S. The Hall–Kier alpha value is -3.72. The SMILES string of the molecule is CCOC(=O)c1c(-c2cccc([N+](=O)[O-])c2)csc1NC(=O)CCCOc1cccc(C)c1C. The first-order valence-corrected chi connectivity index (χ1v) is 11.7. The first-order chi connectivity index (χ1) is 16.3. The van der Waals surface area contributed by atoms with Gasteiger partial charge in [-0.2, -0.15) is 0 Å². The largest absolute Gasteiger partial charge is 0.493 e. The Morgan fingerprint density at radius 2 is 1.91 bits per heavy atom. The van der Waals surface area contributed by atoms with Gasteiger partial charge in [-0.25, -0.2) is 4.79 Å². The summed E-state index contributed by atoms with van der Waals surface area (Å²) < 4.78 is 11.0. The summed E-state index contributed by atoms with van der Waals surface area (Å²) in [5.41, 5.74) is 3.27.